The second-order valence-corrected chi connectivity index (χ2v) is 6.31. The first-order valence-corrected chi connectivity index (χ1v) is 7.40. The SMILES string of the molecule is COc1ccc2cc(C3(N)CCCCC3)sc2c1. The quantitative estimate of drug-likeness (QED) is 0.886. The van der Waals surface area contributed by atoms with Gasteiger partial charge in [-0.2, -0.15) is 0 Å². The van der Waals surface area contributed by atoms with Gasteiger partial charge in [-0.3, -0.25) is 0 Å². The molecule has 1 aromatic carbocycles. The average Bonchev–Trinajstić information content (AvgIpc) is 2.83. The van der Waals surface area contributed by atoms with Crippen LogP contribution in [-0.4, -0.2) is 7.11 Å². The Bertz CT molecular complexity index is 555. The van der Waals surface area contributed by atoms with Gasteiger partial charge in [0, 0.05) is 9.58 Å². The molecule has 0 radical (unpaired) electrons. The van der Waals surface area contributed by atoms with Crippen LogP contribution in [0.1, 0.15) is 37.0 Å². The lowest BCUT2D eigenvalue weighted by molar-refractivity contribution is 0.308. The van der Waals surface area contributed by atoms with E-state index in [4.69, 9.17) is 10.5 Å². The lowest BCUT2D eigenvalue weighted by atomic mass is 9.81. The van der Waals surface area contributed by atoms with E-state index in [0.717, 1.165) is 18.6 Å². The number of hydrogen-bond donors (Lipinski definition) is 1. The van der Waals surface area contributed by atoms with E-state index in [1.165, 1.54) is 34.2 Å². The zero-order valence-electron chi connectivity index (χ0n) is 10.7. The molecular formula is C15H19NOS. The van der Waals surface area contributed by atoms with Gasteiger partial charge in [0.1, 0.15) is 5.75 Å². The summed E-state index contributed by atoms with van der Waals surface area (Å²) >= 11 is 1.83. The van der Waals surface area contributed by atoms with E-state index in [2.05, 4.69) is 18.2 Å². The largest absolute Gasteiger partial charge is 0.497 e. The molecule has 0 spiro atoms. The molecule has 1 aromatic heterocycles. The zero-order chi connectivity index (χ0) is 12.6. The van der Waals surface area contributed by atoms with Gasteiger partial charge in [0.2, 0.25) is 0 Å². The molecule has 0 bridgehead atoms. The molecule has 18 heavy (non-hydrogen) atoms. The zero-order valence-corrected chi connectivity index (χ0v) is 11.6. The Labute approximate surface area is 112 Å². The van der Waals surface area contributed by atoms with Crippen molar-refractivity contribution in [2.45, 2.75) is 37.6 Å². The highest BCUT2D eigenvalue weighted by Gasteiger charge is 2.30. The molecule has 0 saturated heterocycles. The molecule has 1 saturated carbocycles. The maximum atomic E-state index is 6.59. The molecule has 96 valence electrons. The first kappa shape index (κ1) is 12.0. The predicted octanol–water partition coefficient (Wildman–Crippen LogP) is 4.03. The number of hydrogen-bond acceptors (Lipinski definition) is 3. The van der Waals surface area contributed by atoms with Gasteiger partial charge in [0.15, 0.2) is 0 Å². The molecule has 1 aliphatic carbocycles. The second-order valence-electron chi connectivity index (χ2n) is 5.23. The fourth-order valence-corrected chi connectivity index (χ4v) is 4.06. The molecule has 3 rings (SSSR count). The van der Waals surface area contributed by atoms with Gasteiger partial charge in [0.05, 0.1) is 12.6 Å². The fraction of sp³-hybridized carbons (Fsp3) is 0.467. The highest BCUT2D eigenvalue weighted by Crippen LogP contribution is 2.41. The van der Waals surface area contributed by atoms with Gasteiger partial charge >= 0.3 is 0 Å². The molecule has 2 N–H and O–H groups in total. The molecule has 0 unspecified atom stereocenters. The van der Waals surface area contributed by atoms with Crippen molar-refractivity contribution < 1.29 is 4.74 Å². The predicted molar refractivity (Wildman–Crippen MR) is 77.3 cm³/mol. The molecular weight excluding hydrogens is 242 g/mol. The Morgan fingerprint density at radius 1 is 1.17 bits per heavy atom. The lowest BCUT2D eigenvalue weighted by Gasteiger charge is -2.32. The minimum absolute atomic E-state index is 0.0881. The molecule has 1 fully saturated rings. The van der Waals surface area contributed by atoms with Crippen LogP contribution in [0.3, 0.4) is 0 Å². The van der Waals surface area contributed by atoms with Crippen molar-refractivity contribution in [1.82, 2.24) is 0 Å². The minimum Gasteiger partial charge on any atom is -0.497 e. The number of thiophene rings is 1. The van der Waals surface area contributed by atoms with Gasteiger partial charge in [-0.1, -0.05) is 19.3 Å². The van der Waals surface area contributed by atoms with E-state index in [9.17, 15) is 0 Å². The molecule has 1 heterocycles. The highest BCUT2D eigenvalue weighted by molar-refractivity contribution is 7.19. The van der Waals surface area contributed by atoms with Crippen molar-refractivity contribution in [3.05, 3.63) is 29.1 Å². The number of fused-ring (bicyclic) bond motifs is 1. The lowest BCUT2D eigenvalue weighted by Crippen LogP contribution is -2.37. The molecule has 1 aliphatic rings. The summed E-state index contributed by atoms with van der Waals surface area (Å²) in [5, 5.41) is 1.28. The molecule has 3 heteroatoms. The summed E-state index contributed by atoms with van der Waals surface area (Å²) in [4.78, 5) is 1.34. The maximum Gasteiger partial charge on any atom is 0.120 e. The topological polar surface area (TPSA) is 35.2 Å². The summed E-state index contributed by atoms with van der Waals surface area (Å²) in [7, 11) is 1.71. The third-order valence-corrected chi connectivity index (χ3v) is 5.28. The van der Waals surface area contributed by atoms with E-state index in [1.54, 1.807) is 7.11 Å². The van der Waals surface area contributed by atoms with Gasteiger partial charge in [0.25, 0.3) is 0 Å². The van der Waals surface area contributed by atoms with E-state index in [-0.39, 0.29) is 5.54 Å². The van der Waals surface area contributed by atoms with Crippen LogP contribution in [0.5, 0.6) is 5.75 Å². The normalized spacial score (nSPS) is 19.0. The van der Waals surface area contributed by atoms with Crippen molar-refractivity contribution in [2.24, 2.45) is 5.73 Å². The third-order valence-electron chi connectivity index (χ3n) is 3.96. The fourth-order valence-electron chi connectivity index (χ4n) is 2.81. The summed E-state index contributed by atoms with van der Waals surface area (Å²) < 4.78 is 6.56. The van der Waals surface area contributed by atoms with Crippen molar-refractivity contribution in [3.8, 4) is 5.75 Å². The van der Waals surface area contributed by atoms with Crippen molar-refractivity contribution in [1.29, 1.82) is 0 Å². The Balaban J connectivity index is 2.02. The Morgan fingerprint density at radius 3 is 2.67 bits per heavy atom. The standard InChI is InChI=1S/C15H19NOS/c1-17-12-6-5-11-9-14(18-13(11)10-12)15(16)7-3-2-4-8-15/h5-6,9-10H,2-4,7-8,16H2,1H3. The summed E-state index contributed by atoms with van der Waals surface area (Å²) in [6, 6.07) is 8.52. The Hall–Kier alpha value is -1.06. The van der Waals surface area contributed by atoms with E-state index in [1.807, 2.05) is 17.4 Å². The highest BCUT2D eigenvalue weighted by atomic mass is 32.1. The first-order chi connectivity index (χ1) is 8.71. The summed E-state index contributed by atoms with van der Waals surface area (Å²) in [5.74, 6) is 0.922. The molecule has 2 nitrogen and oxygen atoms in total. The number of benzene rings is 1. The Morgan fingerprint density at radius 2 is 1.94 bits per heavy atom. The maximum absolute atomic E-state index is 6.59. The van der Waals surface area contributed by atoms with Crippen LogP contribution in [0, 0.1) is 0 Å². The van der Waals surface area contributed by atoms with Gasteiger partial charge in [-0.25, -0.2) is 0 Å². The monoisotopic (exact) mass is 261 g/mol. The van der Waals surface area contributed by atoms with Crippen molar-refractivity contribution >= 4 is 21.4 Å². The number of methoxy groups -OCH3 is 1. The van der Waals surface area contributed by atoms with Crippen LogP contribution in [0.2, 0.25) is 0 Å². The summed E-state index contributed by atoms with van der Waals surface area (Å²) in [6.45, 7) is 0. The molecule has 2 aromatic rings. The Kier molecular flexibility index (Phi) is 3.04. The van der Waals surface area contributed by atoms with E-state index >= 15 is 0 Å². The number of rotatable bonds is 2. The average molecular weight is 261 g/mol. The second kappa shape index (κ2) is 4.56. The molecule has 0 atom stereocenters. The third kappa shape index (κ3) is 2.02. The first-order valence-electron chi connectivity index (χ1n) is 6.58. The van der Waals surface area contributed by atoms with E-state index in [0.29, 0.717) is 0 Å². The van der Waals surface area contributed by atoms with Crippen LogP contribution in [0.25, 0.3) is 10.1 Å². The number of nitrogens with two attached hydrogens (primary N) is 1. The molecule has 0 amide bonds. The molecule has 0 aliphatic heterocycles. The van der Waals surface area contributed by atoms with Crippen LogP contribution < -0.4 is 10.5 Å². The summed E-state index contributed by atoms with van der Waals surface area (Å²) in [6.07, 6.45) is 6.09. The van der Waals surface area contributed by atoms with Gasteiger partial charge in [-0.15, -0.1) is 11.3 Å². The van der Waals surface area contributed by atoms with Gasteiger partial charge < -0.3 is 10.5 Å². The summed E-state index contributed by atoms with van der Waals surface area (Å²) in [5.41, 5.74) is 6.51. The van der Waals surface area contributed by atoms with Crippen molar-refractivity contribution in [2.75, 3.05) is 7.11 Å². The van der Waals surface area contributed by atoms with E-state index < -0.39 is 0 Å². The van der Waals surface area contributed by atoms with Crippen LogP contribution in [0.15, 0.2) is 24.3 Å². The van der Waals surface area contributed by atoms with Crippen LogP contribution >= 0.6 is 11.3 Å². The van der Waals surface area contributed by atoms with Gasteiger partial charge in [-0.05, 0) is 42.5 Å². The van der Waals surface area contributed by atoms with Crippen molar-refractivity contribution in [3.63, 3.8) is 0 Å². The van der Waals surface area contributed by atoms with Crippen LogP contribution in [-0.2, 0) is 5.54 Å². The number of ether oxygens (including phenoxy) is 1. The van der Waals surface area contributed by atoms with Crippen LogP contribution in [0.4, 0.5) is 0 Å². The minimum atomic E-state index is -0.0881. The smallest absolute Gasteiger partial charge is 0.120 e.